The number of carbonyl (C=O) groups is 1. The minimum Gasteiger partial charge on any atom is -0.484 e. The third kappa shape index (κ3) is 6.12. The molecule has 1 heterocycles. The zero-order valence-electron chi connectivity index (χ0n) is 15.3. The summed E-state index contributed by atoms with van der Waals surface area (Å²) >= 11 is 0. The third-order valence-corrected chi connectivity index (χ3v) is 3.56. The van der Waals surface area contributed by atoms with Gasteiger partial charge in [0.25, 0.3) is 5.91 Å². The number of primary amides is 1. The van der Waals surface area contributed by atoms with Gasteiger partial charge in [0.1, 0.15) is 5.75 Å². The first-order valence-corrected chi connectivity index (χ1v) is 8.38. The van der Waals surface area contributed by atoms with Crippen LogP contribution >= 0.6 is 0 Å². The van der Waals surface area contributed by atoms with E-state index in [0.717, 1.165) is 17.0 Å². The van der Waals surface area contributed by atoms with Crippen LogP contribution < -0.4 is 21.1 Å². The molecule has 140 valence electrons. The summed E-state index contributed by atoms with van der Waals surface area (Å²) in [6.07, 6.45) is 0. The highest BCUT2D eigenvalue weighted by molar-refractivity contribution is 5.79. The maximum absolute atomic E-state index is 10.8. The fourth-order valence-corrected chi connectivity index (χ4v) is 2.16. The van der Waals surface area contributed by atoms with E-state index in [0.29, 0.717) is 30.7 Å². The van der Waals surface area contributed by atoms with Gasteiger partial charge in [-0.3, -0.25) is 9.79 Å². The molecule has 8 heteroatoms. The first-order valence-electron chi connectivity index (χ1n) is 8.38. The summed E-state index contributed by atoms with van der Waals surface area (Å²) < 4.78 is 10.6. The summed E-state index contributed by atoms with van der Waals surface area (Å²) in [7, 11) is 1.70. The molecule has 0 atom stereocenters. The summed E-state index contributed by atoms with van der Waals surface area (Å²) in [6, 6.07) is 9.35. The van der Waals surface area contributed by atoms with Gasteiger partial charge in [-0.2, -0.15) is 0 Å². The molecule has 0 aliphatic heterocycles. The zero-order chi connectivity index (χ0) is 18.9. The van der Waals surface area contributed by atoms with Gasteiger partial charge in [-0.15, -0.1) is 0 Å². The molecule has 0 aliphatic carbocycles. The Bertz CT molecular complexity index is 755. The smallest absolute Gasteiger partial charge is 0.255 e. The maximum atomic E-state index is 10.8. The molecule has 0 unspecified atom stereocenters. The number of guanidine groups is 1. The van der Waals surface area contributed by atoms with Gasteiger partial charge in [0, 0.05) is 19.7 Å². The number of hydrogen-bond donors (Lipinski definition) is 3. The highest BCUT2D eigenvalue weighted by Gasteiger charge is 2.08. The van der Waals surface area contributed by atoms with Crippen LogP contribution in [-0.4, -0.2) is 30.7 Å². The summed E-state index contributed by atoms with van der Waals surface area (Å²) in [6.45, 7) is 5.02. The fraction of sp³-hybridized carbons (Fsp3) is 0.389. The molecule has 0 spiro atoms. The molecule has 8 nitrogen and oxygen atoms in total. The van der Waals surface area contributed by atoms with Crippen molar-refractivity contribution in [2.45, 2.75) is 32.9 Å². The van der Waals surface area contributed by atoms with Crippen molar-refractivity contribution >= 4 is 11.9 Å². The third-order valence-electron chi connectivity index (χ3n) is 3.56. The van der Waals surface area contributed by atoms with Crippen LogP contribution in [0.4, 0.5) is 0 Å². The maximum Gasteiger partial charge on any atom is 0.255 e. The Morgan fingerprint density at radius 3 is 2.73 bits per heavy atom. The monoisotopic (exact) mass is 359 g/mol. The standard InChI is InChI=1S/C18H25N5O3/c1-12(2)16-8-15(26-23-16)10-22-18(20-3)21-9-13-5-4-6-14(7-13)25-11-17(19)24/h4-8,12H,9-11H2,1-3H3,(H2,19,24)(H2,20,21,22). The lowest BCUT2D eigenvalue weighted by Gasteiger charge is -2.11. The van der Waals surface area contributed by atoms with E-state index in [1.54, 1.807) is 13.1 Å². The molecular weight excluding hydrogens is 334 g/mol. The number of benzene rings is 1. The zero-order valence-corrected chi connectivity index (χ0v) is 15.3. The van der Waals surface area contributed by atoms with Gasteiger partial charge < -0.3 is 25.6 Å². The molecule has 26 heavy (non-hydrogen) atoms. The Kier molecular flexibility index (Phi) is 7.02. The Balaban J connectivity index is 1.84. The predicted octanol–water partition coefficient (Wildman–Crippen LogP) is 1.53. The van der Waals surface area contributed by atoms with Gasteiger partial charge >= 0.3 is 0 Å². The Labute approximate surface area is 152 Å². The first kappa shape index (κ1) is 19.3. The average Bonchev–Trinajstić information content (AvgIpc) is 3.10. The number of nitrogens with zero attached hydrogens (tertiary/aromatic N) is 2. The molecule has 2 aromatic rings. The highest BCUT2D eigenvalue weighted by Crippen LogP contribution is 2.14. The molecule has 1 amide bonds. The highest BCUT2D eigenvalue weighted by atomic mass is 16.5. The first-order chi connectivity index (χ1) is 12.5. The number of ether oxygens (including phenoxy) is 1. The molecule has 1 aromatic heterocycles. The normalized spacial score (nSPS) is 11.5. The van der Waals surface area contributed by atoms with Gasteiger partial charge in [0.15, 0.2) is 18.3 Å². The molecule has 0 saturated carbocycles. The van der Waals surface area contributed by atoms with Gasteiger partial charge in [0.2, 0.25) is 0 Å². The van der Waals surface area contributed by atoms with Crippen LogP contribution in [0.5, 0.6) is 5.75 Å². The molecule has 0 aliphatic rings. The molecule has 2 rings (SSSR count). The van der Waals surface area contributed by atoms with Gasteiger partial charge in [0.05, 0.1) is 12.2 Å². The average molecular weight is 359 g/mol. The van der Waals surface area contributed by atoms with E-state index in [1.807, 2.05) is 24.3 Å². The molecule has 0 fully saturated rings. The molecule has 0 saturated heterocycles. The summed E-state index contributed by atoms with van der Waals surface area (Å²) in [5, 5.41) is 10.4. The van der Waals surface area contributed by atoms with Gasteiger partial charge in [-0.05, 0) is 23.6 Å². The minimum atomic E-state index is -0.508. The number of hydrogen-bond acceptors (Lipinski definition) is 5. The lowest BCUT2D eigenvalue weighted by atomic mass is 10.1. The minimum absolute atomic E-state index is 0.143. The second-order valence-electron chi connectivity index (χ2n) is 6.05. The number of carbonyl (C=O) groups excluding carboxylic acids is 1. The summed E-state index contributed by atoms with van der Waals surface area (Å²) in [5.41, 5.74) is 6.99. The van der Waals surface area contributed by atoms with Crippen molar-refractivity contribution in [3.63, 3.8) is 0 Å². The van der Waals surface area contributed by atoms with Gasteiger partial charge in [-0.1, -0.05) is 31.1 Å². The van der Waals surface area contributed by atoms with Crippen molar-refractivity contribution in [2.24, 2.45) is 10.7 Å². The molecule has 4 N–H and O–H groups in total. The second kappa shape index (κ2) is 9.45. The Hall–Kier alpha value is -3.03. The van der Waals surface area contributed by atoms with E-state index in [1.165, 1.54) is 0 Å². The van der Waals surface area contributed by atoms with Crippen molar-refractivity contribution in [2.75, 3.05) is 13.7 Å². The Morgan fingerprint density at radius 1 is 1.31 bits per heavy atom. The number of aliphatic imine (C=N–C) groups is 1. The molecule has 0 radical (unpaired) electrons. The lowest BCUT2D eigenvalue weighted by molar-refractivity contribution is -0.119. The predicted molar refractivity (Wildman–Crippen MR) is 98.8 cm³/mol. The second-order valence-corrected chi connectivity index (χ2v) is 6.05. The van der Waals surface area contributed by atoms with E-state index < -0.39 is 5.91 Å². The van der Waals surface area contributed by atoms with Crippen molar-refractivity contribution in [1.82, 2.24) is 15.8 Å². The van der Waals surface area contributed by atoms with Crippen molar-refractivity contribution < 1.29 is 14.1 Å². The van der Waals surface area contributed by atoms with Crippen molar-refractivity contribution in [1.29, 1.82) is 0 Å². The molecule has 1 aromatic carbocycles. The quantitative estimate of drug-likeness (QED) is 0.486. The summed E-state index contributed by atoms with van der Waals surface area (Å²) in [5.74, 6) is 1.79. The number of aromatic nitrogens is 1. The number of amides is 1. The van der Waals surface area contributed by atoms with Crippen LogP contribution in [0.15, 0.2) is 39.8 Å². The topological polar surface area (TPSA) is 115 Å². The van der Waals surface area contributed by atoms with Crippen molar-refractivity contribution in [3.8, 4) is 5.75 Å². The number of nitrogens with one attached hydrogen (secondary N) is 2. The van der Waals surface area contributed by atoms with E-state index in [4.69, 9.17) is 15.0 Å². The largest absolute Gasteiger partial charge is 0.484 e. The Morgan fingerprint density at radius 2 is 2.08 bits per heavy atom. The van der Waals surface area contributed by atoms with Crippen LogP contribution in [0.25, 0.3) is 0 Å². The molecule has 0 bridgehead atoms. The number of nitrogens with two attached hydrogens (primary N) is 1. The number of rotatable bonds is 8. The van der Waals surface area contributed by atoms with Crippen LogP contribution in [0.2, 0.25) is 0 Å². The molecular formula is C18H25N5O3. The van der Waals surface area contributed by atoms with Crippen molar-refractivity contribution in [3.05, 3.63) is 47.3 Å². The van der Waals surface area contributed by atoms with Gasteiger partial charge in [-0.25, -0.2) is 0 Å². The fourth-order valence-electron chi connectivity index (χ4n) is 2.16. The van der Waals surface area contributed by atoms with E-state index in [9.17, 15) is 4.79 Å². The van der Waals surface area contributed by atoms with Crippen LogP contribution in [0, 0.1) is 0 Å². The summed E-state index contributed by atoms with van der Waals surface area (Å²) in [4.78, 5) is 15.0. The van der Waals surface area contributed by atoms with Crippen LogP contribution in [0.1, 0.15) is 36.8 Å². The van der Waals surface area contributed by atoms with Crippen LogP contribution in [-0.2, 0) is 17.9 Å². The van der Waals surface area contributed by atoms with Crippen LogP contribution in [0.3, 0.4) is 0 Å². The van der Waals surface area contributed by atoms with E-state index >= 15 is 0 Å². The lowest BCUT2D eigenvalue weighted by Crippen LogP contribution is -2.36. The van der Waals surface area contributed by atoms with E-state index in [-0.39, 0.29) is 6.61 Å². The van der Waals surface area contributed by atoms with E-state index in [2.05, 4.69) is 34.6 Å². The SMILES string of the molecule is CN=C(NCc1cccc(OCC(N)=O)c1)NCc1cc(C(C)C)no1.